The lowest BCUT2D eigenvalue weighted by atomic mass is 9.86. The lowest BCUT2D eigenvalue weighted by Gasteiger charge is -2.38. The van der Waals surface area contributed by atoms with Crippen LogP contribution in [-0.2, 0) is 4.79 Å². The molecule has 0 aromatic heterocycles. The van der Waals surface area contributed by atoms with Gasteiger partial charge < -0.3 is 10.2 Å². The van der Waals surface area contributed by atoms with Crippen LogP contribution in [0.4, 0.5) is 0 Å². The average Bonchev–Trinajstić information content (AvgIpc) is 2.20. The lowest BCUT2D eigenvalue weighted by molar-refractivity contribution is -0.135. The first kappa shape index (κ1) is 9.97. The minimum atomic E-state index is 0.302. The summed E-state index contributed by atoms with van der Waals surface area (Å²) in [5.41, 5.74) is 0. The predicted molar refractivity (Wildman–Crippen MR) is 56.0 cm³/mol. The fraction of sp³-hybridized carbons (Fsp3) is 0.909. The van der Waals surface area contributed by atoms with Gasteiger partial charge in [0.1, 0.15) is 0 Å². The maximum absolute atomic E-state index is 11.6. The molecule has 14 heavy (non-hydrogen) atoms. The standard InChI is InChI=1S/C11H20N2O/c1-9-2-4-10(5-3-9)13-7-6-12-8-11(13)14/h9-10,12H,2-8H2,1H3. The molecule has 0 bridgehead atoms. The number of hydrogen-bond acceptors (Lipinski definition) is 2. The Kier molecular flexibility index (Phi) is 3.06. The highest BCUT2D eigenvalue weighted by molar-refractivity contribution is 5.79. The second-order valence-corrected chi connectivity index (χ2v) is 4.68. The Morgan fingerprint density at radius 1 is 1.29 bits per heavy atom. The first-order valence-electron chi connectivity index (χ1n) is 5.77. The van der Waals surface area contributed by atoms with Crippen LogP contribution in [0.15, 0.2) is 0 Å². The third-order valence-corrected chi connectivity index (χ3v) is 3.55. The third-order valence-electron chi connectivity index (χ3n) is 3.55. The van der Waals surface area contributed by atoms with Crippen molar-refractivity contribution in [2.45, 2.75) is 38.6 Å². The van der Waals surface area contributed by atoms with E-state index in [1.165, 1.54) is 25.7 Å². The fourth-order valence-corrected chi connectivity index (χ4v) is 2.56. The van der Waals surface area contributed by atoms with Crippen molar-refractivity contribution in [1.29, 1.82) is 0 Å². The Morgan fingerprint density at radius 3 is 2.64 bits per heavy atom. The van der Waals surface area contributed by atoms with Crippen LogP contribution in [0.2, 0.25) is 0 Å². The quantitative estimate of drug-likeness (QED) is 0.678. The molecule has 1 N–H and O–H groups in total. The zero-order valence-corrected chi connectivity index (χ0v) is 8.96. The molecule has 0 aromatic carbocycles. The monoisotopic (exact) mass is 196 g/mol. The summed E-state index contributed by atoms with van der Waals surface area (Å²) in [6, 6.07) is 0.542. The van der Waals surface area contributed by atoms with Crippen LogP contribution in [0.3, 0.4) is 0 Å². The van der Waals surface area contributed by atoms with Crippen LogP contribution in [0.5, 0.6) is 0 Å². The maximum Gasteiger partial charge on any atom is 0.236 e. The van der Waals surface area contributed by atoms with Gasteiger partial charge in [0.05, 0.1) is 6.54 Å². The summed E-state index contributed by atoms with van der Waals surface area (Å²) in [4.78, 5) is 13.7. The SMILES string of the molecule is CC1CCC(N2CCNCC2=O)CC1. The first-order valence-corrected chi connectivity index (χ1v) is 5.77. The maximum atomic E-state index is 11.6. The zero-order chi connectivity index (χ0) is 9.97. The highest BCUT2D eigenvalue weighted by Crippen LogP contribution is 2.27. The van der Waals surface area contributed by atoms with Crippen molar-refractivity contribution < 1.29 is 4.79 Å². The Balaban J connectivity index is 1.90. The van der Waals surface area contributed by atoms with Crippen molar-refractivity contribution in [3.05, 3.63) is 0 Å². The summed E-state index contributed by atoms with van der Waals surface area (Å²) in [6.07, 6.45) is 5.02. The van der Waals surface area contributed by atoms with Crippen LogP contribution < -0.4 is 5.32 Å². The van der Waals surface area contributed by atoms with Gasteiger partial charge >= 0.3 is 0 Å². The molecule has 0 aromatic rings. The van der Waals surface area contributed by atoms with Crippen LogP contribution in [-0.4, -0.2) is 36.5 Å². The Labute approximate surface area is 85.8 Å². The number of piperazine rings is 1. The smallest absolute Gasteiger partial charge is 0.236 e. The molecule has 1 heterocycles. The fourth-order valence-electron chi connectivity index (χ4n) is 2.56. The van der Waals surface area contributed by atoms with Crippen LogP contribution in [0, 0.1) is 5.92 Å². The van der Waals surface area contributed by atoms with E-state index in [1.54, 1.807) is 0 Å². The van der Waals surface area contributed by atoms with Crippen molar-refractivity contribution in [3.63, 3.8) is 0 Å². The van der Waals surface area contributed by atoms with Gasteiger partial charge in [0, 0.05) is 19.1 Å². The van der Waals surface area contributed by atoms with Crippen molar-refractivity contribution in [3.8, 4) is 0 Å². The number of hydrogen-bond donors (Lipinski definition) is 1. The predicted octanol–water partition coefficient (Wildman–Crippen LogP) is 0.997. The zero-order valence-electron chi connectivity index (χ0n) is 8.96. The molecule has 0 spiro atoms. The molecular formula is C11H20N2O. The number of amides is 1. The lowest BCUT2D eigenvalue weighted by Crippen LogP contribution is -2.53. The van der Waals surface area contributed by atoms with Gasteiger partial charge in [-0.3, -0.25) is 4.79 Å². The summed E-state index contributed by atoms with van der Waals surface area (Å²) in [7, 11) is 0. The van der Waals surface area contributed by atoms with Gasteiger partial charge in [-0.15, -0.1) is 0 Å². The van der Waals surface area contributed by atoms with Crippen LogP contribution in [0.1, 0.15) is 32.6 Å². The van der Waals surface area contributed by atoms with Gasteiger partial charge in [-0.05, 0) is 31.6 Å². The first-order chi connectivity index (χ1) is 6.77. The molecular weight excluding hydrogens is 176 g/mol. The number of rotatable bonds is 1. The number of nitrogens with one attached hydrogen (secondary N) is 1. The van der Waals surface area contributed by atoms with Gasteiger partial charge in [-0.25, -0.2) is 0 Å². The van der Waals surface area contributed by atoms with E-state index in [0.29, 0.717) is 18.5 Å². The summed E-state index contributed by atoms with van der Waals surface area (Å²) >= 11 is 0. The molecule has 2 rings (SSSR count). The van der Waals surface area contributed by atoms with Crippen molar-refractivity contribution in [1.82, 2.24) is 10.2 Å². The van der Waals surface area contributed by atoms with Gasteiger partial charge in [-0.1, -0.05) is 6.92 Å². The van der Waals surface area contributed by atoms with Crippen molar-refractivity contribution >= 4 is 5.91 Å². The molecule has 1 aliphatic heterocycles. The van der Waals surface area contributed by atoms with E-state index < -0.39 is 0 Å². The minimum Gasteiger partial charge on any atom is -0.337 e. The van der Waals surface area contributed by atoms with E-state index in [-0.39, 0.29) is 0 Å². The number of carbonyl (C=O) groups excluding carboxylic acids is 1. The molecule has 1 saturated carbocycles. The Bertz CT molecular complexity index is 209. The highest BCUT2D eigenvalue weighted by atomic mass is 16.2. The van der Waals surface area contributed by atoms with E-state index in [4.69, 9.17) is 0 Å². The summed E-state index contributed by atoms with van der Waals surface area (Å²) in [6.45, 7) is 4.75. The van der Waals surface area contributed by atoms with Gasteiger partial charge in [0.2, 0.25) is 5.91 Å². The Morgan fingerprint density at radius 2 is 2.00 bits per heavy atom. The average molecular weight is 196 g/mol. The molecule has 0 unspecified atom stereocenters. The molecule has 0 atom stereocenters. The molecule has 2 fully saturated rings. The Hall–Kier alpha value is -0.570. The number of nitrogens with zero attached hydrogens (tertiary/aromatic N) is 1. The van der Waals surface area contributed by atoms with E-state index >= 15 is 0 Å². The van der Waals surface area contributed by atoms with Crippen LogP contribution in [0.25, 0.3) is 0 Å². The van der Waals surface area contributed by atoms with E-state index in [0.717, 1.165) is 19.0 Å². The van der Waals surface area contributed by atoms with Crippen molar-refractivity contribution in [2.24, 2.45) is 5.92 Å². The summed E-state index contributed by atoms with van der Waals surface area (Å²) in [5, 5.41) is 3.12. The third kappa shape index (κ3) is 2.08. The summed E-state index contributed by atoms with van der Waals surface area (Å²) < 4.78 is 0. The second-order valence-electron chi connectivity index (χ2n) is 4.68. The van der Waals surface area contributed by atoms with E-state index in [9.17, 15) is 4.79 Å². The minimum absolute atomic E-state index is 0.302. The molecule has 1 aliphatic carbocycles. The molecule has 0 radical (unpaired) electrons. The highest BCUT2D eigenvalue weighted by Gasteiger charge is 2.28. The summed E-state index contributed by atoms with van der Waals surface area (Å²) in [5.74, 6) is 1.17. The normalized spacial score (nSPS) is 34.6. The second kappa shape index (κ2) is 4.30. The van der Waals surface area contributed by atoms with Gasteiger partial charge in [-0.2, -0.15) is 0 Å². The van der Waals surface area contributed by atoms with Gasteiger partial charge in [0.15, 0.2) is 0 Å². The van der Waals surface area contributed by atoms with Crippen molar-refractivity contribution in [2.75, 3.05) is 19.6 Å². The van der Waals surface area contributed by atoms with Gasteiger partial charge in [0.25, 0.3) is 0 Å². The van der Waals surface area contributed by atoms with E-state index in [2.05, 4.69) is 17.1 Å². The molecule has 1 amide bonds. The molecule has 1 saturated heterocycles. The molecule has 3 heteroatoms. The molecule has 80 valence electrons. The van der Waals surface area contributed by atoms with E-state index in [1.807, 2.05) is 0 Å². The number of carbonyl (C=O) groups is 1. The molecule has 2 aliphatic rings. The molecule has 3 nitrogen and oxygen atoms in total. The van der Waals surface area contributed by atoms with Crippen LogP contribution >= 0.6 is 0 Å². The topological polar surface area (TPSA) is 32.3 Å². The largest absolute Gasteiger partial charge is 0.337 e.